The van der Waals surface area contributed by atoms with Crippen LogP contribution in [0.1, 0.15) is 20.8 Å². The predicted octanol–water partition coefficient (Wildman–Crippen LogP) is 1.15. The molecule has 0 radical (unpaired) electrons. The van der Waals surface area contributed by atoms with Crippen molar-refractivity contribution in [2.24, 2.45) is 11.0 Å². The summed E-state index contributed by atoms with van der Waals surface area (Å²) >= 11 is 0. The first-order valence-electron chi connectivity index (χ1n) is 3.68. The molecule has 0 spiro atoms. The zero-order chi connectivity index (χ0) is 9.02. The molecule has 0 saturated carbocycles. The second-order valence-corrected chi connectivity index (χ2v) is 2.92. The molecule has 0 rings (SSSR count). The van der Waals surface area contributed by atoms with Crippen molar-refractivity contribution in [3.8, 4) is 0 Å². The number of nitrogens with zero attached hydrogens (tertiary/aromatic N) is 2. The van der Waals surface area contributed by atoms with E-state index in [2.05, 4.69) is 5.10 Å². The van der Waals surface area contributed by atoms with E-state index < -0.39 is 0 Å². The van der Waals surface area contributed by atoms with Gasteiger partial charge in [0.1, 0.15) is 5.78 Å². The summed E-state index contributed by atoms with van der Waals surface area (Å²) in [5.74, 6) is 0.102. The smallest absolute Gasteiger partial charge is 0.138 e. The maximum atomic E-state index is 10.9. The minimum Gasteiger partial charge on any atom is -0.303 e. The third-order valence-electron chi connectivity index (χ3n) is 1.59. The van der Waals surface area contributed by atoms with Crippen molar-refractivity contribution >= 4 is 11.5 Å². The van der Waals surface area contributed by atoms with Crippen LogP contribution in [0.3, 0.4) is 0 Å². The van der Waals surface area contributed by atoms with Gasteiger partial charge in [-0.1, -0.05) is 6.92 Å². The van der Waals surface area contributed by atoms with Crippen LogP contribution in [0.4, 0.5) is 0 Å². The number of rotatable bonds is 3. The van der Waals surface area contributed by atoms with Crippen LogP contribution < -0.4 is 0 Å². The van der Waals surface area contributed by atoms with Crippen LogP contribution in [0.15, 0.2) is 5.10 Å². The Kier molecular flexibility index (Phi) is 3.79. The van der Waals surface area contributed by atoms with Gasteiger partial charge in [0.15, 0.2) is 0 Å². The van der Waals surface area contributed by atoms with Gasteiger partial charge < -0.3 is 5.01 Å². The minimum absolute atomic E-state index is 0.0580. The summed E-state index contributed by atoms with van der Waals surface area (Å²) in [6.07, 6.45) is 0. The molecule has 0 aromatic rings. The molecule has 3 heteroatoms. The molecule has 1 unspecified atom stereocenters. The summed E-state index contributed by atoms with van der Waals surface area (Å²) in [6, 6.07) is 0. The predicted molar refractivity (Wildman–Crippen MR) is 46.6 cm³/mol. The number of carbonyl (C=O) groups is 1. The highest BCUT2D eigenvalue weighted by Gasteiger charge is 2.10. The fraction of sp³-hybridized carbons (Fsp3) is 0.750. The van der Waals surface area contributed by atoms with Gasteiger partial charge >= 0.3 is 0 Å². The van der Waals surface area contributed by atoms with E-state index in [0.717, 1.165) is 5.71 Å². The zero-order valence-electron chi connectivity index (χ0n) is 7.88. The van der Waals surface area contributed by atoms with Crippen LogP contribution >= 0.6 is 0 Å². The van der Waals surface area contributed by atoms with Crippen molar-refractivity contribution in [2.75, 3.05) is 14.1 Å². The van der Waals surface area contributed by atoms with E-state index in [4.69, 9.17) is 0 Å². The van der Waals surface area contributed by atoms with Crippen molar-refractivity contribution in [3.63, 3.8) is 0 Å². The summed E-state index contributed by atoms with van der Waals surface area (Å²) < 4.78 is 0. The van der Waals surface area contributed by atoms with Gasteiger partial charge in [0.25, 0.3) is 0 Å². The molecule has 64 valence electrons. The number of hydrazone groups is 1. The summed E-state index contributed by atoms with van der Waals surface area (Å²) in [5.41, 5.74) is 0.863. The van der Waals surface area contributed by atoms with Gasteiger partial charge in [-0.15, -0.1) is 0 Å². The van der Waals surface area contributed by atoms with Crippen molar-refractivity contribution in [2.45, 2.75) is 20.8 Å². The third kappa shape index (κ3) is 3.75. The number of ketones is 1. The van der Waals surface area contributed by atoms with Crippen LogP contribution in [0.2, 0.25) is 0 Å². The number of hydrogen-bond donors (Lipinski definition) is 0. The molecule has 0 aromatic heterocycles. The fourth-order valence-electron chi connectivity index (χ4n) is 0.696. The maximum Gasteiger partial charge on any atom is 0.138 e. The topological polar surface area (TPSA) is 32.7 Å². The monoisotopic (exact) mass is 156 g/mol. The molecule has 0 heterocycles. The van der Waals surface area contributed by atoms with Gasteiger partial charge in [-0.3, -0.25) is 4.79 Å². The first-order chi connectivity index (χ1) is 4.95. The van der Waals surface area contributed by atoms with Crippen LogP contribution in [-0.2, 0) is 4.79 Å². The molecular formula is C8H16N2O. The zero-order valence-corrected chi connectivity index (χ0v) is 7.88. The highest BCUT2D eigenvalue weighted by Crippen LogP contribution is 2.00. The lowest BCUT2D eigenvalue weighted by Crippen LogP contribution is -2.18. The Labute approximate surface area is 68.1 Å². The molecule has 0 aliphatic heterocycles. The lowest BCUT2D eigenvalue weighted by atomic mass is 10.0. The Morgan fingerprint density at radius 2 is 1.82 bits per heavy atom. The second-order valence-electron chi connectivity index (χ2n) is 2.92. The normalized spacial score (nSPS) is 14.5. The van der Waals surface area contributed by atoms with Crippen LogP contribution in [0.25, 0.3) is 0 Å². The summed E-state index contributed by atoms with van der Waals surface area (Å²) in [6.45, 7) is 5.32. The molecule has 0 saturated heterocycles. The van der Waals surface area contributed by atoms with E-state index >= 15 is 0 Å². The molecule has 0 aromatic carbocycles. The average molecular weight is 156 g/mol. The molecule has 1 atom stereocenters. The van der Waals surface area contributed by atoms with Crippen molar-refractivity contribution in [3.05, 3.63) is 0 Å². The molecule has 0 amide bonds. The van der Waals surface area contributed by atoms with E-state index in [1.807, 2.05) is 27.9 Å². The van der Waals surface area contributed by atoms with Gasteiger partial charge in [-0.25, -0.2) is 0 Å². The molecular weight excluding hydrogens is 140 g/mol. The fourth-order valence-corrected chi connectivity index (χ4v) is 0.696. The Bertz CT molecular complexity index is 173. The maximum absolute atomic E-state index is 10.9. The number of Topliss-reactive ketones (excluding diaryl/α,β-unsaturated/α-hetero) is 1. The van der Waals surface area contributed by atoms with Crippen LogP contribution in [0, 0.1) is 5.92 Å². The number of carbonyl (C=O) groups excluding carboxylic acids is 1. The van der Waals surface area contributed by atoms with Crippen molar-refractivity contribution < 1.29 is 4.79 Å². The van der Waals surface area contributed by atoms with Crippen LogP contribution in [0.5, 0.6) is 0 Å². The van der Waals surface area contributed by atoms with Gasteiger partial charge in [-0.2, -0.15) is 5.10 Å². The van der Waals surface area contributed by atoms with Gasteiger partial charge in [0, 0.05) is 19.8 Å². The largest absolute Gasteiger partial charge is 0.303 e. The van der Waals surface area contributed by atoms with E-state index in [1.54, 1.807) is 11.9 Å². The lowest BCUT2D eigenvalue weighted by molar-refractivity contribution is -0.118. The van der Waals surface area contributed by atoms with E-state index in [1.165, 1.54) is 0 Å². The third-order valence-corrected chi connectivity index (χ3v) is 1.59. The highest BCUT2D eigenvalue weighted by atomic mass is 16.1. The number of hydrogen-bond acceptors (Lipinski definition) is 3. The Hall–Kier alpha value is -0.860. The standard InChI is InChI=1S/C8H16N2O/c1-6(8(3)11)7(2)9-10(4)5/h6H,1-5H3/b9-7+. The summed E-state index contributed by atoms with van der Waals surface area (Å²) in [5, 5.41) is 5.83. The highest BCUT2D eigenvalue weighted by molar-refractivity contribution is 6.02. The van der Waals surface area contributed by atoms with Crippen molar-refractivity contribution in [1.82, 2.24) is 5.01 Å². The Morgan fingerprint density at radius 1 is 1.36 bits per heavy atom. The molecule has 3 nitrogen and oxygen atoms in total. The lowest BCUT2D eigenvalue weighted by Gasteiger charge is -2.10. The first-order valence-corrected chi connectivity index (χ1v) is 3.68. The SMILES string of the molecule is CC(=O)C(C)/C(C)=N/N(C)C. The molecule has 0 aliphatic carbocycles. The first kappa shape index (κ1) is 10.1. The molecule has 0 fully saturated rings. The summed E-state index contributed by atoms with van der Waals surface area (Å²) in [7, 11) is 3.69. The Balaban J connectivity index is 4.23. The van der Waals surface area contributed by atoms with E-state index in [-0.39, 0.29) is 11.7 Å². The van der Waals surface area contributed by atoms with E-state index in [0.29, 0.717) is 0 Å². The van der Waals surface area contributed by atoms with Gasteiger partial charge in [0.2, 0.25) is 0 Å². The quantitative estimate of drug-likeness (QED) is 0.453. The van der Waals surface area contributed by atoms with E-state index in [9.17, 15) is 4.79 Å². The van der Waals surface area contributed by atoms with Gasteiger partial charge in [0.05, 0.1) is 5.92 Å². The molecule has 11 heavy (non-hydrogen) atoms. The Morgan fingerprint density at radius 3 is 2.09 bits per heavy atom. The van der Waals surface area contributed by atoms with Gasteiger partial charge in [-0.05, 0) is 13.8 Å². The average Bonchev–Trinajstić information content (AvgIpc) is 1.84. The molecule has 0 bridgehead atoms. The molecule has 0 aliphatic rings. The molecule has 0 N–H and O–H groups in total. The van der Waals surface area contributed by atoms with Crippen molar-refractivity contribution in [1.29, 1.82) is 0 Å². The van der Waals surface area contributed by atoms with Crippen LogP contribution in [-0.4, -0.2) is 30.6 Å². The second kappa shape index (κ2) is 4.11. The summed E-state index contributed by atoms with van der Waals surface area (Å²) in [4.78, 5) is 10.9. The minimum atomic E-state index is -0.0580.